The number of fused-ring (bicyclic) bond motifs is 10. The third-order valence-electron chi connectivity index (χ3n) is 10.9. The second-order valence-corrected chi connectivity index (χ2v) is 15.0. The molecule has 6 aromatic carbocycles. The zero-order chi connectivity index (χ0) is 33.5. The maximum absolute atomic E-state index is 5.39. The van der Waals surface area contributed by atoms with Crippen molar-refractivity contribution in [3.63, 3.8) is 0 Å². The van der Waals surface area contributed by atoms with Crippen LogP contribution in [0.4, 0.5) is 0 Å². The number of aromatic nitrogens is 2. The largest absolute Gasteiger partial charge is 0.307 e. The van der Waals surface area contributed by atoms with Crippen molar-refractivity contribution in [2.24, 2.45) is 4.99 Å². The van der Waals surface area contributed by atoms with Crippen molar-refractivity contribution < 1.29 is 0 Å². The van der Waals surface area contributed by atoms with E-state index in [0.29, 0.717) is 5.25 Å². The lowest BCUT2D eigenvalue weighted by Gasteiger charge is -2.19. The number of hydrogen-bond acceptors (Lipinski definition) is 2. The van der Waals surface area contributed by atoms with Crippen LogP contribution in [0.3, 0.4) is 0 Å². The molecule has 0 amide bonds. The van der Waals surface area contributed by atoms with Gasteiger partial charge in [0.1, 0.15) is 5.82 Å². The zero-order valence-corrected chi connectivity index (χ0v) is 28.8. The highest BCUT2D eigenvalue weighted by Gasteiger charge is 2.29. The van der Waals surface area contributed by atoms with Crippen molar-refractivity contribution in [3.05, 3.63) is 174 Å². The highest BCUT2D eigenvalue weighted by Crippen LogP contribution is 2.50. The van der Waals surface area contributed by atoms with Gasteiger partial charge in [-0.05, 0) is 89.6 Å². The Morgan fingerprint density at radius 2 is 1.27 bits per heavy atom. The van der Waals surface area contributed by atoms with Gasteiger partial charge < -0.3 is 4.57 Å². The van der Waals surface area contributed by atoms with Crippen molar-refractivity contribution in [3.8, 4) is 5.69 Å². The van der Waals surface area contributed by atoms with Crippen molar-refractivity contribution >= 4 is 78.1 Å². The quantitative estimate of drug-likeness (QED) is 0.183. The lowest BCUT2D eigenvalue weighted by molar-refractivity contribution is 1.02. The number of nitrogens with zero attached hydrogens (tertiary/aromatic N) is 3. The van der Waals surface area contributed by atoms with Gasteiger partial charge in [0.2, 0.25) is 0 Å². The second-order valence-electron chi connectivity index (χ2n) is 13.7. The van der Waals surface area contributed by atoms with Crippen LogP contribution >= 0.6 is 11.8 Å². The molecule has 8 aromatic rings. The normalized spacial score (nSPS) is 17.0. The van der Waals surface area contributed by atoms with E-state index in [9.17, 15) is 0 Å². The van der Waals surface area contributed by atoms with E-state index in [4.69, 9.17) is 4.99 Å². The molecule has 51 heavy (non-hydrogen) atoms. The van der Waals surface area contributed by atoms with E-state index in [1.54, 1.807) is 0 Å². The van der Waals surface area contributed by atoms with Gasteiger partial charge in [0, 0.05) is 37.4 Å². The Morgan fingerprint density at radius 1 is 0.588 bits per heavy atom. The molecule has 3 aliphatic rings. The van der Waals surface area contributed by atoms with Gasteiger partial charge in [0.15, 0.2) is 0 Å². The molecular weight excluding hydrogens is 639 g/mol. The number of thioether (sulfide) groups is 1. The Morgan fingerprint density at radius 3 is 2.10 bits per heavy atom. The van der Waals surface area contributed by atoms with Crippen molar-refractivity contribution in [2.75, 3.05) is 0 Å². The fourth-order valence-corrected chi connectivity index (χ4v) is 9.89. The molecule has 242 valence electrons. The van der Waals surface area contributed by atoms with Gasteiger partial charge in [-0.2, -0.15) is 0 Å². The first-order valence-electron chi connectivity index (χ1n) is 17.9. The molecule has 2 aliphatic heterocycles. The summed E-state index contributed by atoms with van der Waals surface area (Å²) in [6.45, 7) is 0. The number of allylic oxidation sites excluding steroid dienone is 4. The number of benzene rings is 6. The third kappa shape index (κ3) is 4.43. The van der Waals surface area contributed by atoms with Gasteiger partial charge in [0.05, 0.1) is 27.8 Å². The summed E-state index contributed by atoms with van der Waals surface area (Å²) in [6, 6.07) is 51.0. The molecule has 3 nitrogen and oxygen atoms in total. The Bertz CT molecular complexity index is 2860. The average Bonchev–Trinajstić information content (AvgIpc) is 3.86. The summed E-state index contributed by atoms with van der Waals surface area (Å²) < 4.78 is 4.93. The number of hydrogen-bond donors (Lipinski definition) is 0. The summed E-state index contributed by atoms with van der Waals surface area (Å²) in [5.41, 5.74) is 13.7. The summed E-state index contributed by atoms with van der Waals surface area (Å²) in [6.07, 6.45) is 10.1. The van der Waals surface area contributed by atoms with E-state index in [0.717, 1.165) is 36.5 Å². The summed E-state index contributed by atoms with van der Waals surface area (Å²) in [7, 11) is 0. The van der Waals surface area contributed by atoms with Gasteiger partial charge in [-0.3, -0.25) is 4.57 Å². The molecule has 0 N–H and O–H groups in total. The average molecular weight is 672 g/mol. The summed E-state index contributed by atoms with van der Waals surface area (Å²) >= 11 is 2.00. The van der Waals surface area contributed by atoms with Gasteiger partial charge in [0.25, 0.3) is 0 Å². The van der Waals surface area contributed by atoms with Crippen molar-refractivity contribution in [1.82, 2.24) is 9.13 Å². The highest BCUT2D eigenvalue weighted by atomic mass is 32.2. The molecule has 0 bridgehead atoms. The molecule has 1 aliphatic carbocycles. The first kappa shape index (κ1) is 28.9. The molecule has 0 spiro atoms. The third-order valence-corrected chi connectivity index (χ3v) is 12.2. The fourth-order valence-electron chi connectivity index (χ4n) is 8.60. The van der Waals surface area contributed by atoms with Crippen LogP contribution in [0.2, 0.25) is 0 Å². The lowest BCUT2D eigenvalue weighted by Crippen LogP contribution is -2.08. The Labute approximate surface area is 300 Å². The van der Waals surface area contributed by atoms with Crippen molar-refractivity contribution in [2.45, 2.75) is 29.4 Å². The molecule has 0 saturated carbocycles. The van der Waals surface area contributed by atoms with Crippen LogP contribution in [0.15, 0.2) is 168 Å². The van der Waals surface area contributed by atoms with Gasteiger partial charge in [-0.25, -0.2) is 4.99 Å². The van der Waals surface area contributed by atoms with Crippen molar-refractivity contribution in [1.29, 1.82) is 0 Å². The van der Waals surface area contributed by atoms with Crippen LogP contribution in [0.5, 0.6) is 0 Å². The smallest absolute Gasteiger partial charge is 0.133 e. The minimum atomic E-state index is 0.501. The molecule has 0 saturated heterocycles. The Hall–Kier alpha value is -5.84. The van der Waals surface area contributed by atoms with Crippen LogP contribution in [-0.4, -0.2) is 20.1 Å². The van der Waals surface area contributed by atoms with E-state index in [-0.39, 0.29) is 0 Å². The second kappa shape index (κ2) is 11.3. The van der Waals surface area contributed by atoms with Gasteiger partial charge in [-0.1, -0.05) is 115 Å². The first-order chi connectivity index (χ1) is 25.3. The molecule has 1 atom stereocenters. The predicted molar refractivity (Wildman–Crippen MR) is 217 cm³/mol. The summed E-state index contributed by atoms with van der Waals surface area (Å²) in [4.78, 5) is 6.79. The molecular formula is C47H33N3S. The highest BCUT2D eigenvalue weighted by molar-refractivity contribution is 8.00. The summed E-state index contributed by atoms with van der Waals surface area (Å²) in [5.74, 6) is 0.993. The lowest BCUT2D eigenvalue weighted by atomic mass is 9.90. The molecule has 1 unspecified atom stereocenters. The van der Waals surface area contributed by atoms with E-state index < -0.39 is 0 Å². The number of para-hydroxylation sites is 2. The number of rotatable bonds is 4. The van der Waals surface area contributed by atoms with Gasteiger partial charge >= 0.3 is 0 Å². The van der Waals surface area contributed by atoms with Gasteiger partial charge in [-0.15, -0.1) is 11.8 Å². The monoisotopic (exact) mass is 671 g/mol. The molecule has 11 rings (SSSR count). The molecule has 4 heterocycles. The van der Waals surface area contributed by atoms with Crippen LogP contribution in [0.1, 0.15) is 36.0 Å². The first-order valence-corrected chi connectivity index (χ1v) is 18.8. The fraction of sp³-hybridized carbons (Fsp3) is 0.0851. The minimum Gasteiger partial charge on any atom is -0.307 e. The standard InChI is InChI=1S/C47H33N3S/c1-2-12-30(13-3-1)40-19-11-23-45(48-40)50-42-21-8-5-17-35(42)38-26-25-37-34-16-4-7-20-41(34)49(46(37)47(38)50)33-15-10-14-31(28-33)32-24-27-44-39(29-32)36-18-6-9-22-43(36)51-44/h1-10,12-18,20-26,28-29,44H,11,19,27H2. The predicted octanol–water partition coefficient (Wildman–Crippen LogP) is 12.3. The van der Waals surface area contributed by atoms with E-state index in [1.165, 1.54) is 76.3 Å². The molecule has 0 fully saturated rings. The molecule has 4 heteroatoms. The Balaban J connectivity index is 1.16. The maximum Gasteiger partial charge on any atom is 0.133 e. The van der Waals surface area contributed by atoms with Crippen LogP contribution in [-0.2, 0) is 0 Å². The molecule has 2 aromatic heterocycles. The maximum atomic E-state index is 5.39. The van der Waals surface area contributed by atoms with E-state index in [2.05, 4.69) is 167 Å². The van der Waals surface area contributed by atoms with E-state index in [1.807, 2.05) is 11.8 Å². The number of aliphatic imine (C=N–C) groups is 1. The SMILES string of the molecule is C1=C(c2cccc(-n3c4ccccc4c4ccc5c6ccccc6n(C6=CCCC(c7ccccc7)=N6)c5c43)c2)C=C2c3ccccc3SC2C1. The Kier molecular flexibility index (Phi) is 6.44. The van der Waals surface area contributed by atoms with Crippen LogP contribution in [0, 0.1) is 0 Å². The summed E-state index contributed by atoms with van der Waals surface area (Å²) in [5, 5.41) is 5.48. The minimum absolute atomic E-state index is 0.501. The van der Waals surface area contributed by atoms with Crippen LogP contribution < -0.4 is 0 Å². The zero-order valence-electron chi connectivity index (χ0n) is 28.0. The topological polar surface area (TPSA) is 22.2 Å². The van der Waals surface area contributed by atoms with Crippen LogP contribution in [0.25, 0.3) is 66.3 Å². The van der Waals surface area contributed by atoms with E-state index >= 15 is 0 Å². The molecule has 0 radical (unpaired) electrons.